The summed E-state index contributed by atoms with van der Waals surface area (Å²) in [5.74, 6) is -0.0615. The normalized spacial score (nSPS) is 14.3. The highest BCUT2D eigenvalue weighted by Gasteiger charge is 2.19. The second-order valence-electron chi connectivity index (χ2n) is 8.77. The monoisotopic (exact) mass is 436 g/mol. The molecule has 0 aliphatic heterocycles. The van der Waals surface area contributed by atoms with Crippen molar-refractivity contribution >= 4 is 17.6 Å². The summed E-state index contributed by atoms with van der Waals surface area (Å²) in [7, 11) is 0. The zero-order valence-electron chi connectivity index (χ0n) is 18.9. The van der Waals surface area contributed by atoms with Crippen LogP contribution < -0.4 is 5.32 Å². The third kappa shape index (κ3) is 4.19. The molecule has 166 valence electrons. The van der Waals surface area contributed by atoms with Crippen molar-refractivity contribution in [3.63, 3.8) is 0 Å². The molecule has 0 atom stereocenters. The fraction of sp³-hybridized carbons (Fsp3) is 0.250. The highest BCUT2D eigenvalue weighted by molar-refractivity contribution is 5.93. The zero-order chi connectivity index (χ0) is 22.8. The molecule has 0 spiro atoms. The van der Waals surface area contributed by atoms with E-state index in [1.54, 1.807) is 6.20 Å². The number of hydrogen-bond donors (Lipinski definition) is 1. The van der Waals surface area contributed by atoms with Crippen LogP contribution in [0, 0.1) is 6.92 Å². The molecule has 0 saturated heterocycles. The van der Waals surface area contributed by atoms with Gasteiger partial charge in [-0.25, -0.2) is 4.98 Å². The lowest BCUT2D eigenvalue weighted by Crippen LogP contribution is -2.36. The summed E-state index contributed by atoms with van der Waals surface area (Å²) >= 11 is 0. The zero-order valence-corrected chi connectivity index (χ0v) is 18.9. The Morgan fingerprint density at radius 1 is 1.09 bits per heavy atom. The first-order valence-electron chi connectivity index (χ1n) is 11.6. The van der Waals surface area contributed by atoms with Crippen molar-refractivity contribution in [2.45, 2.75) is 45.1 Å². The Kier molecular flexibility index (Phi) is 5.78. The number of hydrogen-bond acceptors (Lipinski definition) is 3. The molecule has 0 bridgehead atoms. The Balaban J connectivity index is 1.52. The van der Waals surface area contributed by atoms with Crippen LogP contribution in [0.4, 0.5) is 0 Å². The SMILES string of the molecule is C=Cc1ccc(-c2ncccc2-c2ccc3ncc(C(=O)NC4CCCCC4)n3c2)cc1C. The molecule has 1 fully saturated rings. The van der Waals surface area contributed by atoms with Crippen LogP contribution in [0.3, 0.4) is 0 Å². The number of aromatic nitrogens is 3. The number of pyridine rings is 2. The van der Waals surface area contributed by atoms with Gasteiger partial charge in [-0.05, 0) is 55.2 Å². The molecule has 1 aliphatic carbocycles. The standard InChI is InChI=1S/C28H28N4O/c1-3-20-11-12-21(16-19(20)2)27-24(10-7-15-29-27)22-13-14-26-30-17-25(32(26)18-22)28(33)31-23-8-5-4-6-9-23/h3,7,10-18,23H,1,4-6,8-9H2,2H3,(H,31,33). The van der Waals surface area contributed by atoms with Crippen LogP contribution in [0.15, 0.2) is 67.6 Å². The highest BCUT2D eigenvalue weighted by Crippen LogP contribution is 2.32. The number of fused-ring (bicyclic) bond motifs is 1. The summed E-state index contributed by atoms with van der Waals surface area (Å²) in [5, 5.41) is 3.21. The predicted octanol–water partition coefficient (Wildman–Crippen LogP) is 6.08. The van der Waals surface area contributed by atoms with Crippen LogP contribution in [0.2, 0.25) is 0 Å². The Morgan fingerprint density at radius 3 is 2.70 bits per heavy atom. The van der Waals surface area contributed by atoms with Gasteiger partial charge in [0.2, 0.25) is 0 Å². The number of rotatable bonds is 5. The van der Waals surface area contributed by atoms with Crippen molar-refractivity contribution in [3.05, 3.63) is 84.5 Å². The fourth-order valence-corrected chi connectivity index (χ4v) is 4.73. The van der Waals surface area contributed by atoms with Crippen LogP contribution in [-0.4, -0.2) is 26.3 Å². The van der Waals surface area contributed by atoms with E-state index in [1.165, 1.54) is 19.3 Å². The van der Waals surface area contributed by atoms with E-state index >= 15 is 0 Å². The molecule has 5 rings (SSSR count). The van der Waals surface area contributed by atoms with Crippen molar-refractivity contribution in [2.75, 3.05) is 0 Å². The van der Waals surface area contributed by atoms with Crippen molar-refractivity contribution in [2.24, 2.45) is 0 Å². The summed E-state index contributed by atoms with van der Waals surface area (Å²) < 4.78 is 1.89. The molecule has 1 saturated carbocycles. The predicted molar refractivity (Wildman–Crippen MR) is 133 cm³/mol. The minimum atomic E-state index is -0.0615. The van der Waals surface area contributed by atoms with Gasteiger partial charge in [-0.15, -0.1) is 0 Å². The summed E-state index contributed by atoms with van der Waals surface area (Å²) in [6.45, 7) is 5.97. The molecule has 33 heavy (non-hydrogen) atoms. The van der Waals surface area contributed by atoms with Gasteiger partial charge in [0.1, 0.15) is 11.3 Å². The maximum absolute atomic E-state index is 13.0. The molecule has 4 aromatic rings. The molecule has 5 nitrogen and oxygen atoms in total. The molecule has 1 amide bonds. The van der Waals surface area contributed by atoms with Gasteiger partial charge in [0, 0.05) is 35.1 Å². The number of aryl methyl sites for hydroxylation is 1. The lowest BCUT2D eigenvalue weighted by Gasteiger charge is -2.22. The van der Waals surface area contributed by atoms with Crippen LogP contribution in [0.1, 0.15) is 53.7 Å². The average Bonchev–Trinajstić information content (AvgIpc) is 3.28. The van der Waals surface area contributed by atoms with E-state index in [2.05, 4.69) is 48.1 Å². The van der Waals surface area contributed by atoms with E-state index in [9.17, 15) is 4.79 Å². The van der Waals surface area contributed by atoms with Gasteiger partial charge in [0.05, 0.1) is 11.9 Å². The number of carbonyl (C=O) groups excluding carboxylic acids is 1. The molecule has 1 aromatic carbocycles. The minimum absolute atomic E-state index is 0.0615. The van der Waals surface area contributed by atoms with Crippen LogP contribution >= 0.6 is 0 Å². The number of nitrogens with one attached hydrogen (secondary N) is 1. The third-order valence-corrected chi connectivity index (χ3v) is 6.56. The number of benzene rings is 1. The van der Waals surface area contributed by atoms with E-state index in [4.69, 9.17) is 4.98 Å². The van der Waals surface area contributed by atoms with Gasteiger partial charge >= 0.3 is 0 Å². The van der Waals surface area contributed by atoms with Crippen LogP contribution in [-0.2, 0) is 0 Å². The second-order valence-corrected chi connectivity index (χ2v) is 8.77. The molecule has 3 heterocycles. The first kappa shape index (κ1) is 21.1. The molecule has 1 aliphatic rings. The summed E-state index contributed by atoms with van der Waals surface area (Å²) in [5.41, 5.74) is 7.55. The van der Waals surface area contributed by atoms with E-state index < -0.39 is 0 Å². The Morgan fingerprint density at radius 2 is 1.91 bits per heavy atom. The quantitative estimate of drug-likeness (QED) is 0.413. The summed E-state index contributed by atoms with van der Waals surface area (Å²) in [6.07, 6.45) is 13.1. The first-order chi connectivity index (χ1) is 16.1. The topological polar surface area (TPSA) is 59.3 Å². The van der Waals surface area contributed by atoms with Crippen LogP contribution in [0.25, 0.3) is 34.1 Å². The molecule has 0 unspecified atom stereocenters. The molecule has 3 aromatic heterocycles. The van der Waals surface area contributed by atoms with Crippen molar-refractivity contribution in [1.29, 1.82) is 0 Å². The Hall–Kier alpha value is -3.73. The fourth-order valence-electron chi connectivity index (χ4n) is 4.73. The van der Waals surface area contributed by atoms with Gasteiger partial charge in [-0.2, -0.15) is 0 Å². The van der Waals surface area contributed by atoms with E-state index in [1.807, 2.05) is 41.1 Å². The number of nitrogens with zero attached hydrogens (tertiary/aromatic N) is 3. The summed E-state index contributed by atoms with van der Waals surface area (Å²) in [4.78, 5) is 22.2. The Bertz CT molecular complexity index is 1330. The number of carbonyl (C=O) groups is 1. The number of amides is 1. The minimum Gasteiger partial charge on any atom is -0.348 e. The molecule has 5 heteroatoms. The van der Waals surface area contributed by atoms with Gasteiger partial charge < -0.3 is 5.32 Å². The van der Waals surface area contributed by atoms with Crippen molar-refractivity contribution in [1.82, 2.24) is 19.7 Å². The van der Waals surface area contributed by atoms with E-state index in [0.29, 0.717) is 5.69 Å². The third-order valence-electron chi connectivity index (χ3n) is 6.56. The first-order valence-corrected chi connectivity index (χ1v) is 11.6. The summed E-state index contributed by atoms with van der Waals surface area (Å²) in [6, 6.07) is 14.6. The van der Waals surface area contributed by atoms with Crippen molar-refractivity contribution < 1.29 is 4.79 Å². The van der Waals surface area contributed by atoms with Crippen LogP contribution in [0.5, 0.6) is 0 Å². The lowest BCUT2D eigenvalue weighted by molar-refractivity contribution is 0.0922. The average molecular weight is 437 g/mol. The van der Waals surface area contributed by atoms with Gasteiger partial charge in [0.15, 0.2) is 0 Å². The van der Waals surface area contributed by atoms with Gasteiger partial charge in [0.25, 0.3) is 5.91 Å². The van der Waals surface area contributed by atoms with E-state index in [0.717, 1.165) is 52.0 Å². The maximum Gasteiger partial charge on any atom is 0.270 e. The smallest absolute Gasteiger partial charge is 0.270 e. The Labute approximate surface area is 194 Å². The molecule has 0 radical (unpaired) electrons. The van der Waals surface area contributed by atoms with E-state index in [-0.39, 0.29) is 11.9 Å². The van der Waals surface area contributed by atoms with Gasteiger partial charge in [-0.1, -0.05) is 50.1 Å². The molecule has 1 N–H and O–H groups in total. The highest BCUT2D eigenvalue weighted by atomic mass is 16.2. The molecular weight excluding hydrogens is 408 g/mol. The van der Waals surface area contributed by atoms with Crippen molar-refractivity contribution in [3.8, 4) is 22.4 Å². The van der Waals surface area contributed by atoms with Gasteiger partial charge in [-0.3, -0.25) is 14.2 Å². The largest absolute Gasteiger partial charge is 0.348 e. The molecular formula is C28H28N4O. The number of imidazole rings is 1. The second kappa shape index (κ2) is 9.02. The maximum atomic E-state index is 13.0. The lowest BCUT2D eigenvalue weighted by atomic mass is 9.95.